The highest BCUT2D eigenvalue weighted by Gasteiger charge is 2.50. The van der Waals surface area contributed by atoms with Crippen molar-refractivity contribution in [2.75, 3.05) is 21.9 Å². The summed E-state index contributed by atoms with van der Waals surface area (Å²) in [5.41, 5.74) is -1.21. The van der Waals surface area contributed by atoms with Crippen LogP contribution in [0.2, 0.25) is 0 Å². The molecule has 1 amide bonds. The standard InChI is InChI=1S/C16H19N3O7S2/c1-10-7-14(17-26-10)18-28(23,24)13-8-11(5-6-12(13)25-4)19-15(20)16(2,3)9-27(19,21)22/h5-8H,9H2,1-4H3,(H,17,18). The van der Waals surface area contributed by atoms with Gasteiger partial charge in [-0.15, -0.1) is 0 Å². The molecule has 28 heavy (non-hydrogen) atoms. The van der Waals surface area contributed by atoms with E-state index in [9.17, 15) is 21.6 Å². The molecular weight excluding hydrogens is 410 g/mol. The van der Waals surface area contributed by atoms with Gasteiger partial charge in [-0.1, -0.05) is 5.16 Å². The Hall–Kier alpha value is -2.60. The molecule has 0 bridgehead atoms. The van der Waals surface area contributed by atoms with E-state index in [-0.39, 0.29) is 27.9 Å². The molecule has 12 heteroatoms. The van der Waals surface area contributed by atoms with Crippen molar-refractivity contribution in [3.8, 4) is 5.75 Å². The Labute approximate surface area is 162 Å². The highest BCUT2D eigenvalue weighted by Crippen LogP contribution is 2.38. The van der Waals surface area contributed by atoms with Crippen molar-refractivity contribution >= 4 is 37.5 Å². The summed E-state index contributed by atoms with van der Waals surface area (Å²) in [4.78, 5) is 12.2. The molecule has 1 N–H and O–H groups in total. The van der Waals surface area contributed by atoms with Gasteiger partial charge in [-0.05, 0) is 39.0 Å². The Morgan fingerprint density at radius 1 is 1.29 bits per heavy atom. The number of aryl methyl sites for hydroxylation is 1. The topological polar surface area (TPSA) is 136 Å². The van der Waals surface area contributed by atoms with Gasteiger partial charge in [0.05, 0.1) is 24.0 Å². The van der Waals surface area contributed by atoms with Crippen molar-refractivity contribution in [1.29, 1.82) is 0 Å². The van der Waals surface area contributed by atoms with Crippen LogP contribution in [0.1, 0.15) is 19.6 Å². The summed E-state index contributed by atoms with van der Waals surface area (Å²) in [6.07, 6.45) is 0. The van der Waals surface area contributed by atoms with E-state index in [1.54, 1.807) is 6.92 Å². The molecule has 152 valence electrons. The first-order valence-electron chi connectivity index (χ1n) is 8.09. The lowest BCUT2D eigenvalue weighted by Crippen LogP contribution is -2.33. The SMILES string of the molecule is COc1ccc(N2C(=O)C(C)(C)CS2(=O)=O)cc1S(=O)(=O)Nc1cc(C)on1. The molecule has 0 aliphatic carbocycles. The zero-order valence-corrected chi connectivity index (χ0v) is 17.2. The van der Waals surface area contributed by atoms with E-state index in [4.69, 9.17) is 9.26 Å². The number of ether oxygens (including phenoxy) is 1. The van der Waals surface area contributed by atoms with Crippen LogP contribution in [0.4, 0.5) is 11.5 Å². The number of nitrogens with zero attached hydrogens (tertiary/aromatic N) is 2. The first kappa shape index (κ1) is 20.1. The number of carbonyl (C=O) groups excluding carboxylic acids is 1. The Morgan fingerprint density at radius 2 is 1.96 bits per heavy atom. The minimum Gasteiger partial charge on any atom is -0.495 e. The molecule has 0 atom stereocenters. The van der Waals surface area contributed by atoms with Crippen molar-refractivity contribution in [3.05, 3.63) is 30.0 Å². The minimum absolute atomic E-state index is 0.0280. The summed E-state index contributed by atoms with van der Waals surface area (Å²) in [5.74, 6) is -0.685. The van der Waals surface area contributed by atoms with Gasteiger partial charge < -0.3 is 9.26 Å². The molecule has 1 aliphatic rings. The Bertz CT molecular complexity index is 1150. The zero-order chi connectivity index (χ0) is 20.9. The van der Waals surface area contributed by atoms with Crippen molar-refractivity contribution < 1.29 is 30.9 Å². The number of amides is 1. The van der Waals surface area contributed by atoms with Gasteiger partial charge in [-0.2, -0.15) is 0 Å². The Kier molecular flexibility index (Phi) is 4.66. The number of aromatic nitrogens is 1. The number of anilines is 2. The monoisotopic (exact) mass is 429 g/mol. The van der Waals surface area contributed by atoms with Crippen LogP contribution in [0.25, 0.3) is 0 Å². The Morgan fingerprint density at radius 3 is 2.46 bits per heavy atom. The van der Waals surface area contributed by atoms with E-state index < -0.39 is 31.4 Å². The van der Waals surface area contributed by atoms with Crippen molar-refractivity contribution in [3.63, 3.8) is 0 Å². The van der Waals surface area contributed by atoms with Gasteiger partial charge in [0, 0.05) is 6.07 Å². The molecule has 1 fully saturated rings. The highest BCUT2D eigenvalue weighted by molar-refractivity contribution is 7.94. The fraction of sp³-hybridized carbons (Fsp3) is 0.375. The van der Waals surface area contributed by atoms with Gasteiger partial charge in [-0.3, -0.25) is 9.52 Å². The van der Waals surface area contributed by atoms with Crippen LogP contribution in [-0.4, -0.2) is 40.8 Å². The first-order valence-corrected chi connectivity index (χ1v) is 11.2. The third-order valence-corrected chi connectivity index (χ3v) is 7.52. The van der Waals surface area contributed by atoms with Crippen molar-refractivity contribution in [2.24, 2.45) is 5.41 Å². The Balaban J connectivity index is 2.10. The van der Waals surface area contributed by atoms with Crippen LogP contribution in [0.5, 0.6) is 5.75 Å². The van der Waals surface area contributed by atoms with Gasteiger partial charge in [0.1, 0.15) is 16.4 Å². The second-order valence-electron chi connectivity index (χ2n) is 6.97. The molecule has 2 aromatic rings. The van der Waals surface area contributed by atoms with E-state index in [2.05, 4.69) is 9.88 Å². The summed E-state index contributed by atoms with van der Waals surface area (Å²) in [6.45, 7) is 4.63. The summed E-state index contributed by atoms with van der Waals surface area (Å²) >= 11 is 0. The second-order valence-corrected chi connectivity index (χ2v) is 10.4. The van der Waals surface area contributed by atoms with E-state index >= 15 is 0 Å². The highest BCUT2D eigenvalue weighted by atomic mass is 32.2. The number of hydrogen-bond acceptors (Lipinski definition) is 8. The van der Waals surface area contributed by atoms with Gasteiger partial charge in [-0.25, -0.2) is 21.1 Å². The molecule has 2 heterocycles. The molecule has 1 aromatic heterocycles. The van der Waals surface area contributed by atoms with E-state index in [0.29, 0.717) is 10.1 Å². The summed E-state index contributed by atoms with van der Waals surface area (Å²) in [6, 6.07) is 5.05. The van der Waals surface area contributed by atoms with Crippen molar-refractivity contribution in [1.82, 2.24) is 5.16 Å². The number of methoxy groups -OCH3 is 1. The molecule has 0 saturated carbocycles. The second kappa shape index (κ2) is 6.48. The molecule has 1 aromatic carbocycles. The average Bonchev–Trinajstić information content (AvgIpc) is 3.04. The predicted octanol–water partition coefficient (Wildman–Crippen LogP) is 1.50. The maximum Gasteiger partial charge on any atom is 0.266 e. The number of benzene rings is 1. The molecular formula is C16H19N3O7S2. The molecule has 0 unspecified atom stereocenters. The molecule has 3 rings (SSSR count). The lowest BCUT2D eigenvalue weighted by molar-refractivity contribution is -0.123. The lowest BCUT2D eigenvalue weighted by atomic mass is 9.95. The fourth-order valence-electron chi connectivity index (χ4n) is 2.87. The molecule has 0 spiro atoms. The van der Waals surface area contributed by atoms with Gasteiger partial charge in [0.2, 0.25) is 15.9 Å². The summed E-state index contributed by atoms with van der Waals surface area (Å²) in [5, 5.41) is 3.57. The van der Waals surface area contributed by atoms with Crippen LogP contribution in [-0.2, 0) is 24.8 Å². The number of hydrogen-bond donors (Lipinski definition) is 1. The quantitative estimate of drug-likeness (QED) is 0.755. The van der Waals surface area contributed by atoms with Crippen LogP contribution >= 0.6 is 0 Å². The molecule has 0 radical (unpaired) electrons. The number of nitrogens with one attached hydrogen (secondary N) is 1. The molecule has 1 aliphatic heterocycles. The lowest BCUT2D eigenvalue weighted by Gasteiger charge is -2.19. The first-order chi connectivity index (χ1) is 12.9. The third-order valence-electron chi connectivity index (χ3n) is 4.12. The summed E-state index contributed by atoms with van der Waals surface area (Å²) < 4.78 is 63.4. The number of carbonyl (C=O) groups is 1. The molecule has 10 nitrogen and oxygen atoms in total. The van der Waals surface area contributed by atoms with Gasteiger partial charge in [0.25, 0.3) is 10.0 Å². The van der Waals surface area contributed by atoms with Crippen LogP contribution in [0, 0.1) is 12.3 Å². The number of sulfonamides is 2. The minimum atomic E-state index is -4.21. The maximum atomic E-state index is 12.8. The zero-order valence-electron chi connectivity index (χ0n) is 15.6. The van der Waals surface area contributed by atoms with Crippen LogP contribution in [0.15, 0.2) is 33.7 Å². The van der Waals surface area contributed by atoms with E-state index in [1.165, 1.54) is 39.2 Å². The molecule has 1 saturated heterocycles. The smallest absolute Gasteiger partial charge is 0.266 e. The van der Waals surface area contributed by atoms with Crippen molar-refractivity contribution in [2.45, 2.75) is 25.7 Å². The van der Waals surface area contributed by atoms with E-state index in [0.717, 1.165) is 6.07 Å². The normalized spacial score (nSPS) is 18.3. The maximum absolute atomic E-state index is 12.8. The van der Waals surface area contributed by atoms with E-state index in [1.807, 2.05) is 0 Å². The van der Waals surface area contributed by atoms with Crippen LogP contribution in [0.3, 0.4) is 0 Å². The largest absolute Gasteiger partial charge is 0.495 e. The average molecular weight is 429 g/mol. The van der Waals surface area contributed by atoms with Crippen LogP contribution < -0.4 is 13.8 Å². The predicted molar refractivity (Wildman–Crippen MR) is 100 cm³/mol. The number of rotatable bonds is 5. The third kappa shape index (κ3) is 3.44. The van der Waals surface area contributed by atoms with Gasteiger partial charge >= 0.3 is 0 Å². The summed E-state index contributed by atoms with van der Waals surface area (Å²) in [7, 11) is -6.87. The fourth-order valence-corrected chi connectivity index (χ4v) is 6.14. The van der Waals surface area contributed by atoms with Gasteiger partial charge in [0.15, 0.2) is 5.82 Å².